The van der Waals surface area contributed by atoms with Crippen LogP contribution in [0.15, 0.2) is 11.3 Å². The van der Waals surface area contributed by atoms with E-state index in [2.05, 4.69) is 4.74 Å². The van der Waals surface area contributed by atoms with Gasteiger partial charge in [0.05, 0.1) is 5.88 Å². The predicted octanol–water partition coefficient (Wildman–Crippen LogP) is 1.16. The third-order valence-electron chi connectivity index (χ3n) is 1.13. The van der Waals surface area contributed by atoms with E-state index in [9.17, 15) is 4.79 Å². The first-order valence-electron chi connectivity index (χ1n) is 2.50. The van der Waals surface area contributed by atoms with Crippen molar-refractivity contribution in [3.05, 3.63) is 11.3 Å². The van der Waals surface area contributed by atoms with E-state index in [0.29, 0.717) is 0 Å². The molecule has 1 atom stereocenters. The Labute approximate surface area is 67.2 Å². The molecule has 0 aromatic heterocycles. The highest BCUT2D eigenvalue weighted by atomic mass is 35.5. The first-order valence-corrected chi connectivity index (χ1v) is 3.47. The fourth-order valence-electron chi connectivity index (χ4n) is 0.583. The van der Waals surface area contributed by atoms with E-state index in [4.69, 9.17) is 28.3 Å². The molecule has 1 aliphatic heterocycles. The third kappa shape index (κ3) is 1.07. The van der Waals surface area contributed by atoms with Crippen molar-refractivity contribution in [2.24, 2.45) is 0 Å². The van der Waals surface area contributed by atoms with E-state index in [1.807, 2.05) is 0 Å². The highest BCUT2D eigenvalue weighted by molar-refractivity contribution is 6.26. The number of halogens is 2. The van der Waals surface area contributed by atoms with Gasteiger partial charge in [0.2, 0.25) is 11.3 Å². The molecule has 1 rings (SSSR count). The molecule has 1 aliphatic rings. The van der Waals surface area contributed by atoms with Crippen molar-refractivity contribution in [3.63, 3.8) is 0 Å². The van der Waals surface area contributed by atoms with Gasteiger partial charge in [-0.2, -0.15) is 0 Å². The number of alkyl halides is 2. The van der Waals surface area contributed by atoms with Gasteiger partial charge in [0.25, 0.3) is 0 Å². The van der Waals surface area contributed by atoms with Gasteiger partial charge in [0, 0.05) is 5.57 Å². The fourth-order valence-corrected chi connectivity index (χ4v) is 1.19. The molecule has 10 heavy (non-hydrogen) atoms. The Morgan fingerprint density at radius 2 is 2.30 bits per heavy atom. The average Bonchev–Trinajstić information content (AvgIpc) is 2.09. The molecule has 0 bridgehead atoms. The quantitative estimate of drug-likeness (QED) is 0.490. The van der Waals surface area contributed by atoms with Crippen LogP contribution in [0.3, 0.4) is 0 Å². The second kappa shape index (κ2) is 2.68. The van der Waals surface area contributed by atoms with Crippen LogP contribution in [0.1, 0.15) is 0 Å². The van der Waals surface area contributed by atoms with Crippen molar-refractivity contribution < 1.29 is 14.6 Å². The monoisotopic (exact) mass is 182 g/mol. The van der Waals surface area contributed by atoms with Gasteiger partial charge in [-0.15, -0.1) is 11.6 Å². The molecule has 0 fully saturated rings. The highest BCUT2D eigenvalue weighted by Gasteiger charge is 2.31. The van der Waals surface area contributed by atoms with Crippen molar-refractivity contribution in [2.75, 3.05) is 5.88 Å². The van der Waals surface area contributed by atoms with Crippen LogP contribution in [0.4, 0.5) is 0 Å². The molecular weight excluding hydrogens is 179 g/mol. The molecule has 0 radical (unpaired) electrons. The van der Waals surface area contributed by atoms with Gasteiger partial charge < -0.3 is 9.84 Å². The van der Waals surface area contributed by atoms with Gasteiger partial charge in [0.1, 0.15) is 0 Å². The molecule has 0 aliphatic carbocycles. The van der Waals surface area contributed by atoms with E-state index >= 15 is 0 Å². The van der Waals surface area contributed by atoms with E-state index in [1.165, 1.54) is 0 Å². The number of esters is 1. The van der Waals surface area contributed by atoms with Crippen molar-refractivity contribution >= 4 is 29.2 Å². The van der Waals surface area contributed by atoms with Crippen LogP contribution in [0.2, 0.25) is 0 Å². The molecule has 0 saturated heterocycles. The van der Waals surface area contributed by atoms with Crippen LogP contribution >= 0.6 is 23.2 Å². The molecule has 0 saturated carbocycles. The zero-order chi connectivity index (χ0) is 7.72. The lowest BCUT2D eigenvalue weighted by molar-refractivity contribution is -0.139. The molecule has 0 aromatic rings. The van der Waals surface area contributed by atoms with Gasteiger partial charge in [-0.1, -0.05) is 11.6 Å². The van der Waals surface area contributed by atoms with E-state index < -0.39 is 17.3 Å². The predicted molar refractivity (Wildman–Crippen MR) is 36.1 cm³/mol. The lowest BCUT2D eigenvalue weighted by atomic mass is 10.3. The fraction of sp³-hybridized carbons (Fsp3) is 0.400. The maximum absolute atomic E-state index is 10.5. The second-order valence-electron chi connectivity index (χ2n) is 1.73. The summed E-state index contributed by atoms with van der Waals surface area (Å²) < 4.78 is 4.39. The molecule has 0 aromatic carbocycles. The van der Waals surface area contributed by atoms with Crippen molar-refractivity contribution in [2.45, 2.75) is 5.56 Å². The largest absolute Gasteiger partial charge is 0.502 e. The summed E-state index contributed by atoms with van der Waals surface area (Å²) in [5.74, 6) is -1.27. The molecule has 5 heteroatoms. The highest BCUT2D eigenvalue weighted by Crippen LogP contribution is 2.24. The number of hydrogen-bond donors (Lipinski definition) is 1. The number of hydrogen-bond acceptors (Lipinski definition) is 3. The van der Waals surface area contributed by atoms with Gasteiger partial charge >= 0.3 is 5.97 Å². The summed E-state index contributed by atoms with van der Waals surface area (Å²) in [5, 5.41) is 8.86. The molecule has 1 unspecified atom stereocenters. The van der Waals surface area contributed by atoms with Crippen molar-refractivity contribution in [1.29, 1.82) is 0 Å². The topological polar surface area (TPSA) is 46.5 Å². The summed E-state index contributed by atoms with van der Waals surface area (Å²) in [6.07, 6.45) is 0. The Bertz CT molecular complexity index is 199. The molecule has 0 amide bonds. The van der Waals surface area contributed by atoms with Gasteiger partial charge in [-0.25, -0.2) is 4.79 Å². The number of aliphatic hydroxyl groups is 1. The van der Waals surface area contributed by atoms with Crippen LogP contribution in [-0.2, 0) is 9.53 Å². The van der Waals surface area contributed by atoms with Crippen LogP contribution < -0.4 is 0 Å². The Morgan fingerprint density at radius 3 is 2.50 bits per heavy atom. The number of aliphatic hydroxyl groups excluding tert-OH is 1. The number of carbonyl (C=O) groups is 1. The summed E-state index contributed by atoms with van der Waals surface area (Å²) in [6, 6.07) is 0. The van der Waals surface area contributed by atoms with Crippen LogP contribution in [0.5, 0.6) is 0 Å². The molecule has 56 valence electrons. The summed E-state index contributed by atoms with van der Waals surface area (Å²) in [4.78, 5) is 10.5. The van der Waals surface area contributed by atoms with Gasteiger partial charge in [0.15, 0.2) is 0 Å². The molecule has 1 heterocycles. The number of carbonyl (C=O) groups excluding carboxylic acids is 1. The SMILES string of the molecule is O=C1OC(Cl)C(CCl)=C1O. The smallest absolute Gasteiger partial charge is 0.375 e. The Balaban J connectivity index is 2.90. The maximum Gasteiger partial charge on any atom is 0.375 e. The van der Waals surface area contributed by atoms with E-state index in [0.717, 1.165) is 0 Å². The first kappa shape index (κ1) is 7.69. The summed E-state index contributed by atoms with van der Waals surface area (Å²) in [5.41, 5.74) is -0.668. The van der Waals surface area contributed by atoms with E-state index in [-0.39, 0.29) is 11.5 Å². The van der Waals surface area contributed by atoms with Gasteiger partial charge in [-0.05, 0) is 0 Å². The standard InChI is InChI=1S/C5H4Cl2O3/c6-1-2-3(8)5(9)10-4(2)7/h4,8H,1H2. The summed E-state index contributed by atoms with van der Waals surface area (Å²) in [7, 11) is 0. The number of rotatable bonds is 1. The average molecular weight is 183 g/mol. The molecular formula is C5H4Cl2O3. The minimum atomic E-state index is -0.898. The van der Waals surface area contributed by atoms with Crippen molar-refractivity contribution in [3.8, 4) is 0 Å². The molecule has 0 spiro atoms. The minimum Gasteiger partial charge on any atom is -0.502 e. The number of cyclic esters (lactones) is 1. The van der Waals surface area contributed by atoms with Crippen LogP contribution in [0, 0.1) is 0 Å². The third-order valence-corrected chi connectivity index (χ3v) is 1.77. The summed E-state index contributed by atoms with van der Waals surface area (Å²) >= 11 is 10.8. The number of ether oxygens (including phenoxy) is 1. The van der Waals surface area contributed by atoms with Crippen LogP contribution in [-0.4, -0.2) is 22.5 Å². The Hall–Kier alpha value is -0.410. The first-order chi connectivity index (χ1) is 4.66. The Kier molecular flexibility index (Phi) is 2.06. The zero-order valence-corrected chi connectivity index (χ0v) is 6.32. The molecule has 3 nitrogen and oxygen atoms in total. The minimum absolute atomic E-state index is 0.00569. The summed E-state index contributed by atoms with van der Waals surface area (Å²) in [6.45, 7) is 0. The lowest BCUT2D eigenvalue weighted by Crippen LogP contribution is -2.03. The lowest BCUT2D eigenvalue weighted by Gasteiger charge is -1.99. The van der Waals surface area contributed by atoms with Crippen molar-refractivity contribution in [1.82, 2.24) is 0 Å². The maximum atomic E-state index is 10.5. The normalized spacial score (nSPS) is 25.4. The molecule has 1 N–H and O–H groups in total. The van der Waals surface area contributed by atoms with E-state index in [1.54, 1.807) is 0 Å². The Morgan fingerprint density at radius 1 is 1.70 bits per heavy atom. The second-order valence-corrected chi connectivity index (χ2v) is 2.39. The van der Waals surface area contributed by atoms with Crippen LogP contribution in [0.25, 0.3) is 0 Å². The van der Waals surface area contributed by atoms with Gasteiger partial charge in [-0.3, -0.25) is 0 Å². The zero-order valence-electron chi connectivity index (χ0n) is 4.80.